The monoisotopic (exact) mass is 491 g/mol. The lowest BCUT2D eigenvalue weighted by atomic mass is 10.2. The van der Waals surface area contributed by atoms with Crippen molar-refractivity contribution < 1.29 is 4.79 Å². The number of amides is 1. The minimum atomic E-state index is -0.452. The van der Waals surface area contributed by atoms with Gasteiger partial charge in [0.1, 0.15) is 5.82 Å². The Morgan fingerprint density at radius 3 is 2.64 bits per heavy atom. The maximum atomic E-state index is 12.7. The molecule has 0 atom stereocenters. The zero-order valence-electron chi connectivity index (χ0n) is 21.0. The number of aryl methyl sites for hydroxylation is 2. The van der Waals surface area contributed by atoms with E-state index in [1.54, 1.807) is 17.1 Å². The number of imidazole rings is 1. The number of benzene rings is 1. The largest absolute Gasteiger partial charge is 0.330 e. The van der Waals surface area contributed by atoms with Crippen LogP contribution in [0.3, 0.4) is 0 Å². The number of hydrogen-bond acceptors (Lipinski definition) is 5. The Hall–Kier alpha value is -3.95. The predicted octanol–water partition coefficient (Wildman–Crippen LogP) is 3.16. The summed E-state index contributed by atoms with van der Waals surface area (Å²) in [4.78, 5) is 45.1. The first-order chi connectivity index (χ1) is 17.4. The van der Waals surface area contributed by atoms with Gasteiger partial charge in [-0.15, -0.1) is 0 Å². The van der Waals surface area contributed by atoms with Crippen LogP contribution in [0.2, 0.25) is 0 Å². The van der Waals surface area contributed by atoms with Gasteiger partial charge in [0.15, 0.2) is 11.2 Å². The number of carbonyl (C=O) groups is 1. The second kappa shape index (κ2) is 11.2. The van der Waals surface area contributed by atoms with Crippen molar-refractivity contribution in [3.8, 4) is 0 Å². The number of anilines is 1. The molecule has 0 radical (unpaired) electrons. The third-order valence-corrected chi connectivity index (χ3v) is 5.93. The third kappa shape index (κ3) is 5.81. The number of H-pyrrole nitrogens is 1. The smallest absolute Gasteiger partial charge is 0.323 e. The van der Waals surface area contributed by atoms with E-state index < -0.39 is 11.2 Å². The highest BCUT2D eigenvalue weighted by Crippen LogP contribution is 2.17. The molecular weight excluding hydrogens is 458 g/mol. The van der Waals surface area contributed by atoms with E-state index in [4.69, 9.17) is 0 Å². The van der Waals surface area contributed by atoms with Crippen LogP contribution in [-0.4, -0.2) is 34.8 Å². The number of unbranched alkanes of at least 4 members (excludes halogenated alkanes) is 1. The first-order valence-corrected chi connectivity index (χ1v) is 12.4. The molecule has 0 saturated heterocycles. The van der Waals surface area contributed by atoms with Gasteiger partial charge in [-0.25, -0.2) is 9.78 Å². The Morgan fingerprint density at radius 1 is 1.14 bits per heavy atom. The molecule has 10 nitrogen and oxygen atoms in total. The zero-order chi connectivity index (χ0) is 25.7. The van der Waals surface area contributed by atoms with Crippen molar-refractivity contribution in [2.75, 3.05) is 5.32 Å². The molecule has 4 aromatic rings. The molecule has 0 bridgehead atoms. The van der Waals surface area contributed by atoms with Gasteiger partial charge in [0.05, 0.1) is 18.4 Å². The molecule has 0 fully saturated rings. The highest BCUT2D eigenvalue weighted by molar-refractivity contribution is 5.90. The summed E-state index contributed by atoms with van der Waals surface area (Å²) in [5.41, 5.74) is 1.61. The maximum Gasteiger partial charge on any atom is 0.330 e. The molecule has 0 unspecified atom stereocenters. The summed E-state index contributed by atoms with van der Waals surface area (Å²) >= 11 is 0. The van der Waals surface area contributed by atoms with Gasteiger partial charge in [0.2, 0.25) is 5.91 Å². The fraction of sp³-hybridized carbons (Fsp3) is 0.423. The second-order valence-corrected chi connectivity index (χ2v) is 9.43. The van der Waals surface area contributed by atoms with Crippen LogP contribution >= 0.6 is 0 Å². The number of aromatic nitrogens is 6. The number of rotatable bonds is 11. The van der Waals surface area contributed by atoms with Crippen molar-refractivity contribution in [1.29, 1.82) is 0 Å². The Bertz CT molecular complexity index is 1440. The summed E-state index contributed by atoms with van der Waals surface area (Å²) in [7, 11) is 0. The summed E-state index contributed by atoms with van der Waals surface area (Å²) in [6.45, 7) is 7.81. The van der Waals surface area contributed by atoms with Crippen molar-refractivity contribution in [3.05, 3.63) is 75.0 Å². The number of nitrogens with zero attached hydrogens (tertiary/aromatic N) is 5. The summed E-state index contributed by atoms with van der Waals surface area (Å²) in [6, 6.07) is 9.97. The molecule has 10 heteroatoms. The molecule has 0 aliphatic rings. The van der Waals surface area contributed by atoms with Crippen LogP contribution in [-0.2, 0) is 30.8 Å². The van der Waals surface area contributed by atoms with Crippen LogP contribution in [0.25, 0.3) is 11.2 Å². The molecule has 0 aliphatic carbocycles. The van der Waals surface area contributed by atoms with E-state index in [1.807, 2.05) is 41.8 Å². The van der Waals surface area contributed by atoms with Crippen molar-refractivity contribution in [3.63, 3.8) is 0 Å². The van der Waals surface area contributed by atoms with E-state index in [9.17, 15) is 14.4 Å². The van der Waals surface area contributed by atoms with E-state index in [-0.39, 0.29) is 18.2 Å². The Balaban J connectivity index is 1.51. The molecular formula is C26H33N7O3. The Morgan fingerprint density at radius 2 is 1.92 bits per heavy atom. The highest BCUT2D eigenvalue weighted by Gasteiger charge is 2.20. The standard InChI is InChI=1S/C26H33N7O3/c1-4-5-13-32-24-23(25(35)30-26(32)36)33(15-18(2)3)21(29-24)11-12-22(34)28-20-14-27-31(17-20)16-19-9-7-6-8-10-19/h6-10,14,17-18H,4-5,11-13,15-16H2,1-3H3,(H,28,34)(H,30,35,36). The normalized spacial score (nSPS) is 11.4. The van der Waals surface area contributed by atoms with Gasteiger partial charge in [-0.2, -0.15) is 5.10 Å². The number of hydrogen-bond donors (Lipinski definition) is 2. The molecule has 3 aromatic heterocycles. The van der Waals surface area contributed by atoms with Crippen molar-refractivity contribution in [1.82, 2.24) is 28.9 Å². The minimum Gasteiger partial charge on any atom is -0.323 e. The lowest BCUT2D eigenvalue weighted by molar-refractivity contribution is -0.116. The SMILES string of the molecule is CCCCn1c(=O)[nH]c(=O)c2c1nc(CCC(=O)Nc1cnn(Cc3ccccc3)c1)n2CC(C)C. The number of carbonyl (C=O) groups excluding carboxylic acids is 1. The first kappa shape index (κ1) is 25.2. The fourth-order valence-electron chi connectivity index (χ4n) is 4.23. The lowest BCUT2D eigenvalue weighted by Gasteiger charge is -2.11. The quantitative estimate of drug-likeness (QED) is 0.334. The highest BCUT2D eigenvalue weighted by atomic mass is 16.2. The molecule has 4 rings (SSSR count). The van der Waals surface area contributed by atoms with Crippen LogP contribution in [0.5, 0.6) is 0 Å². The molecule has 1 aromatic carbocycles. The van der Waals surface area contributed by atoms with Gasteiger partial charge >= 0.3 is 5.69 Å². The predicted molar refractivity (Wildman–Crippen MR) is 139 cm³/mol. The van der Waals surface area contributed by atoms with Crippen LogP contribution in [0, 0.1) is 5.92 Å². The van der Waals surface area contributed by atoms with E-state index >= 15 is 0 Å². The van der Waals surface area contributed by atoms with E-state index in [0.717, 1.165) is 18.4 Å². The van der Waals surface area contributed by atoms with Gasteiger partial charge < -0.3 is 9.88 Å². The maximum absolute atomic E-state index is 12.7. The van der Waals surface area contributed by atoms with Crippen molar-refractivity contribution in [2.24, 2.45) is 5.92 Å². The second-order valence-electron chi connectivity index (χ2n) is 9.43. The topological polar surface area (TPSA) is 120 Å². The first-order valence-electron chi connectivity index (χ1n) is 12.4. The van der Waals surface area contributed by atoms with Crippen LogP contribution in [0.1, 0.15) is 51.4 Å². The van der Waals surface area contributed by atoms with E-state index in [1.165, 1.54) is 4.57 Å². The van der Waals surface area contributed by atoms with Gasteiger partial charge in [-0.3, -0.25) is 23.8 Å². The summed E-state index contributed by atoms with van der Waals surface area (Å²) in [5.74, 6) is 0.700. The number of nitrogens with one attached hydrogen (secondary N) is 2. The molecule has 36 heavy (non-hydrogen) atoms. The van der Waals surface area contributed by atoms with E-state index in [0.29, 0.717) is 48.7 Å². The average Bonchev–Trinajstić information content (AvgIpc) is 3.42. The molecule has 0 saturated carbocycles. The van der Waals surface area contributed by atoms with Crippen LogP contribution < -0.4 is 16.6 Å². The van der Waals surface area contributed by atoms with Gasteiger partial charge in [-0.1, -0.05) is 57.5 Å². The lowest BCUT2D eigenvalue weighted by Crippen LogP contribution is -2.31. The zero-order valence-corrected chi connectivity index (χ0v) is 21.0. The van der Waals surface area contributed by atoms with Crippen molar-refractivity contribution >= 4 is 22.8 Å². The average molecular weight is 492 g/mol. The van der Waals surface area contributed by atoms with Gasteiger partial charge in [-0.05, 0) is 17.9 Å². The molecule has 3 heterocycles. The summed E-state index contributed by atoms with van der Waals surface area (Å²) < 4.78 is 5.16. The van der Waals surface area contributed by atoms with E-state index in [2.05, 4.69) is 34.2 Å². The molecule has 190 valence electrons. The molecule has 1 amide bonds. The van der Waals surface area contributed by atoms with Gasteiger partial charge in [0.25, 0.3) is 5.56 Å². The minimum absolute atomic E-state index is 0.172. The summed E-state index contributed by atoms with van der Waals surface area (Å²) in [5, 5.41) is 7.22. The molecule has 0 aliphatic heterocycles. The summed E-state index contributed by atoms with van der Waals surface area (Å²) in [6.07, 6.45) is 5.66. The van der Waals surface area contributed by atoms with Crippen molar-refractivity contribution in [2.45, 2.75) is 66.1 Å². The molecule has 0 spiro atoms. The number of aromatic amines is 1. The fourth-order valence-corrected chi connectivity index (χ4v) is 4.23. The Kier molecular flexibility index (Phi) is 7.82. The number of fused-ring (bicyclic) bond motifs is 1. The third-order valence-electron chi connectivity index (χ3n) is 5.93. The van der Waals surface area contributed by atoms with Crippen LogP contribution in [0.15, 0.2) is 52.3 Å². The molecule has 2 N–H and O–H groups in total. The van der Waals surface area contributed by atoms with Crippen LogP contribution in [0.4, 0.5) is 5.69 Å². The van der Waals surface area contributed by atoms with Gasteiger partial charge in [0, 0.05) is 32.1 Å². The Labute approximate surface area is 209 Å².